The molecule has 3 N–H and O–H groups in total. The first-order valence-electron chi connectivity index (χ1n) is 8.26. The summed E-state index contributed by atoms with van der Waals surface area (Å²) in [6, 6.07) is 5.55. The van der Waals surface area contributed by atoms with Crippen molar-refractivity contribution in [1.82, 2.24) is 10.6 Å². The number of carboxylic acids is 1. The summed E-state index contributed by atoms with van der Waals surface area (Å²) in [6.45, 7) is 6.51. The van der Waals surface area contributed by atoms with Crippen molar-refractivity contribution in [1.29, 1.82) is 0 Å². The average molecular weight is 385 g/mol. The van der Waals surface area contributed by atoms with Crippen molar-refractivity contribution in [3.63, 3.8) is 0 Å². The molecular weight excluding hydrogens is 360 g/mol. The Morgan fingerprint density at radius 1 is 1.19 bits per heavy atom. The molecule has 0 fully saturated rings. The molecule has 2 amide bonds. The van der Waals surface area contributed by atoms with Gasteiger partial charge < -0.3 is 20.5 Å². The van der Waals surface area contributed by atoms with Crippen LogP contribution >= 0.6 is 11.6 Å². The summed E-state index contributed by atoms with van der Waals surface area (Å²) in [7, 11) is 0. The molecule has 1 aromatic rings. The minimum Gasteiger partial charge on any atom is -0.480 e. The molecule has 0 saturated carbocycles. The molecule has 0 aliphatic carbocycles. The maximum Gasteiger partial charge on any atom is 0.326 e. The first-order chi connectivity index (χ1) is 12.0. The highest BCUT2D eigenvalue weighted by atomic mass is 35.5. The Morgan fingerprint density at radius 2 is 1.77 bits per heavy atom. The molecule has 1 aromatic carbocycles. The normalized spacial score (nSPS) is 12.4. The van der Waals surface area contributed by atoms with Gasteiger partial charge in [0.15, 0.2) is 5.60 Å². The second-order valence-electron chi connectivity index (χ2n) is 6.84. The molecule has 7 nitrogen and oxygen atoms in total. The Kier molecular flexibility index (Phi) is 7.89. The second kappa shape index (κ2) is 9.43. The van der Waals surface area contributed by atoms with Crippen molar-refractivity contribution in [2.75, 3.05) is 6.54 Å². The van der Waals surface area contributed by atoms with Gasteiger partial charge in [-0.2, -0.15) is 0 Å². The molecule has 8 heteroatoms. The lowest BCUT2D eigenvalue weighted by molar-refractivity contribution is -0.142. The van der Waals surface area contributed by atoms with Gasteiger partial charge in [-0.1, -0.05) is 25.4 Å². The minimum atomic E-state index is -1.22. The van der Waals surface area contributed by atoms with Crippen LogP contribution in [0.15, 0.2) is 24.3 Å². The van der Waals surface area contributed by atoms with Crippen LogP contribution in [0.3, 0.4) is 0 Å². The van der Waals surface area contributed by atoms with E-state index >= 15 is 0 Å². The Balaban J connectivity index is 2.56. The van der Waals surface area contributed by atoms with Crippen LogP contribution in [0.25, 0.3) is 0 Å². The number of carboxylic acid groups (broad SMARTS) is 1. The van der Waals surface area contributed by atoms with Crippen molar-refractivity contribution in [3.8, 4) is 5.75 Å². The maximum atomic E-state index is 12.3. The smallest absolute Gasteiger partial charge is 0.326 e. The number of hydrogen-bond donors (Lipinski definition) is 3. The molecule has 0 spiro atoms. The zero-order valence-corrected chi connectivity index (χ0v) is 16.1. The summed E-state index contributed by atoms with van der Waals surface area (Å²) in [4.78, 5) is 35.4. The van der Waals surface area contributed by atoms with E-state index in [9.17, 15) is 14.4 Å². The van der Waals surface area contributed by atoms with Gasteiger partial charge >= 0.3 is 5.97 Å². The number of ether oxygens (including phenoxy) is 1. The lowest BCUT2D eigenvalue weighted by atomic mass is 10.0. The molecule has 0 aliphatic rings. The third-order valence-corrected chi connectivity index (χ3v) is 3.74. The van der Waals surface area contributed by atoms with Crippen LogP contribution in [0.4, 0.5) is 0 Å². The van der Waals surface area contributed by atoms with Crippen LogP contribution in [0.5, 0.6) is 5.75 Å². The van der Waals surface area contributed by atoms with E-state index in [1.807, 2.05) is 13.8 Å². The predicted molar refractivity (Wildman–Crippen MR) is 98.2 cm³/mol. The summed E-state index contributed by atoms with van der Waals surface area (Å²) in [6.07, 6.45) is 0.306. The van der Waals surface area contributed by atoms with Crippen molar-refractivity contribution >= 4 is 29.4 Å². The van der Waals surface area contributed by atoms with E-state index in [0.29, 0.717) is 17.2 Å². The number of amides is 2. The van der Waals surface area contributed by atoms with E-state index in [-0.39, 0.29) is 12.5 Å². The topological polar surface area (TPSA) is 105 Å². The predicted octanol–water partition coefficient (Wildman–Crippen LogP) is 2.23. The highest BCUT2D eigenvalue weighted by molar-refractivity contribution is 6.30. The molecule has 144 valence electrons. The monoisotopic (exact) mass is 384 g/mol. The van der Waals surface area contributed by atoms with E-state index in [2.05, 4.69) is 10.6 Å². The zero-order valence-electron chi connectivity index (χ0n) is 15.3. The van der Waals surface area contributed by atoms with Crippen LogP contribution in [-0.2, 0) is 14.4 Å². The van der Waals surface area contributed by atoms with E-state index in [4.69, 9.17) is 21.4 Å². The van der Waals surface area contributed by atoms with Crippen LogP contribution in [0.2, 0.25) is 5.02 Å². The van der Waals surface area contributed by atoms with E-state index < -0.39 is 29.4 Å². The molecule has 1 rings (SSSR count). The zero-order chi connectivity index (χ0) is 19.9. The third-order valence-electron chi connectivity index (χ3n) is 3.48. The van der Waals surface area contributed by atoms with Gasteiger partial charge in [-0.15, -0.1) is 0 Å². The number of aliphatic carboxylic acids is 1. The third kappa shape index (κ3) is 7.31. The van der Waals surface area contributed by atoms with E-state index in [1.165, 1.54) is 0 Å². The standard InChI is InChI=1S/C18H25ClN2O5/c1-11(2)9-14(16(23)24)21-15(22)10-20-17(25)18(3,4)26-13-7-5-12(19)6-8-13/h5-8,11,14H,9-10H2,1-4H3,(H,20,25)(H,21,22)(H,23,24)/t14-/m0/s1. The van der Waals surface area contributed by atoms with E-state index in [1.54, 1.807) is 38.1 Å². The summed E-state index contributed by atoms with van der Waals surface area (Å²) >= 11 is 5.80. The molecule has 26 heavy (non-hydrogen) atoms. The Bertz CT molecular complexity index is 643. The van der Waals surface area contributed by atoms with Gasteiger partial charge in [0.25, 0.3) is 5.91 Å². The summed E-state index contributed by atoms with van der Waals surface area (Å²) in [5.41, 5.74) is -1.22. The number of carbonyl (C=O) groups excluding carboxylic acids is 2. The fourth-order valence-corrected chi connectivity index (χ4v) is 2.28. The fourth-order valence-electron chi connectivity index (χ4n) is 2.16. The van der Waals surface area contributed by atoms with Crippen molar-refractivity contribution in [2.45, 2.75) is 45.8 Å². The molecule has 0 bridgehead atoms. The van der Waals surface area contributed by atoms with Crippen LogP contribution in [0, 0.1) is 5.92 Å². The molecule has 0 unspecified atom stereocenters. The Labute approximate surface area is 158 Å². The minimum absolute atomic E-state index is 0.109. The molecule has 0 aliphatic heterocycles. The molecular formula is C18H25ClN2O5. The van der Waals surface area contributed by atoms with Crippen molar-refractivity contribution < 1.29 is 24.2 Å². The highest BCUT2D eigenvalue weighted by Gasteiger charge is 2.30. The lowest BCUT2D eigenvalue weighted by Gasteiger charge is -2.25. The highest BCUT2D eigenvalue weighted by Crippen LogP contribution is 2.20. The fraction of sp³-hybridized carbons (Fsp3) is 0.500. The number of rotatable bonds is 9. The van der Waals surface area contributed by atoms with Crippen molar-refractivity contribution in [3.05, 3.63) is 29.3 Å². The van der Waals surface area contributed by atoms with Gasteiger partial charge in [0.1, 0.15) is 11.8 Å². The second-order valence-corrected chi connectivity index (χ2v) is 7.27. The van der Waals surface area contributed by atoms with Crippen LogP contribution < -0.4 is 15.4 Å². The molecule has 1 atom stereocenters. The summed E-state index contributed by atoms with van der Waals surface area (Å²) in [5, 5.41) is 14.5. The van der Waals surface area contributed by atoms with Gasteiger partial charge in [0.05, 0.1) is 6.54 Å². The quantitative estimate of drug-likeness (QED) is 0.605. The van der Waals surface area contributed by atoms with Gasteiger partial charge in [0, 0.05) is 5.02 Å². The first-order valence-corrected chi connectivity index (χ1v) is 8.64. The SMILES string of the molecule is CC(C)C[C@H](NC(=O)CNC(=O)C(C)(C)Oc1ccc(Cl)cc1)C(=O)O. The Morgan fingerprint density at radius 3 is 2.27 bits per heavy atom. The number of nitrogens with one attached hydrogen (secondary N) is 2. The largest absolute Gasteiger partial charge is 0.480 e. The van der Waals surface area contributed by atoms with Gasteiger partial charge in [-0.05, 0) is 50.5 Å². The molecule has 0 aromatic heterocycles. The van der Waals surface area contributed by atoms with Gasteiger partial charge in [-0.3, -0.25) is 9.59 Å². The number of carbonyl (C=O) groups is 3. The summed E-state index contributed by atoms with van der Waals surface area (Å²) in [5.74, 6) is -1.61. The average Bonchev–Trinajstić information content (AvgIpc) is 2.53. The molecule has 0 heterocycles. The number of halogens is 1. The van der Waals surface area contributed by atoms with E-state index in [0.717, 1.165) is 0 Å². The van der Waals surface area contributed by atoms with Crippen molar-refractivity contribution in [2.24, 2.45) is 5.92 Å². The van der Waals surface area contributed by atoms with Crippen LogP contribution in [0.1, 0.15) is 34.1 Å². The van der Waals surface area contributed by atoms with Gasteiger partial charge in [0.2, 0.25) is 5.91 Å². The Hall–Kier alpha value is -2.28. The summed E-state index contributed by atoms with van der Waals surface area (Å²) < 4.78 is 5.63. The molecule has 0 radical (unpaired) electrons. The maximum absolute atomic E-state index is 12.3. The van der Waals surface area contributed by atoms with Crippen LogP contribution in [-0.4, -0.2) is 41.1 Å². The number of benzene rings is 1. The molecule has 0 saturated heterocycles. The lowest BCUT2D eigenvalue weighted by Crippen LogP contribution is -2.51. The first kappa shape index (κ1) is 21.8. The number of hydrogen-bond acceptors (Lipinski definition) is 4. The van der Waals surface area contributed by atoms with Gasteiger partial charge in [-0.25, -0.2) is 4.79 Å².